The summed E-state index contributed by atoms with van der Waals surface area (Å²) in [5.41, 5.74) is 0. The molecule has 0 atom stereocenters. The van der Waals surface area contributed by atoms with Crippen molar-refractivity contribution in [1.29, 1.82) is 0 Å². The van der Waals surface area contributed by atoms with Crippen molar-refractivity contribution in [2.45, 2.75) is 12.8 Å². The first kappa shape index (κ1) is 7.70. The number of alkyl halides is 1. The van der Waals surface area contributed by atoms with E-state index in [0.717, 1.165) is 19.1 Å². The highest BCUT2D eigenvalue weighted by atomic mass is 35.5. The Labute approximate surface area is 54.3 Å². The van der Waals surface area contributed by atoms with E-state index in [2.05, 4.69) is 0 Å². The minimum absolute atomic E-state index is 0.670. The first-order valence-corrected chi connectivity index (χ1v) is 3.11. The lowest BCUT2D eigenvalue weighted by atomic mass is 10.3. The van der Waals surface area contributed by atoms with Crippen LogP contribution >= 0.6 is 11.6 Å². The number of rotatable bonds is 4. The monoisotopic (exact) mass is 132 g/mol. The lowest BCUT2D eigenvalue weighted by molar-refractivity contribution is -0.104. The number of carbonyl (C=O) groups excluding carboxylic acids is 1. The van der Waals surface area contributed by atoms with Crippen LogP contribution < -0.4 is 0 Å². The molecule has 0 aliphatic heterocycles. The van der Waals surface area contributed by atoms with Crippen molar-refractivity contribution in [3.8, 4) is 0 Å². The predicted octanol–water partition coefficient (Wildman–Crippen LogP) is 1.76. The van der Waals surface area contributed by atoms with Gasteiger partial charge in [0.2, 0.25) is 0 Å². The van der Waals surface area contributed by atoms with Crippen molar-refractivity contribution in [2.24, 2.45) is 0 Å². The van der Waals surface area contributed by atoms with Crippen LogP contribution in [0, 0.1) is 0 Å². The number of carbonyl (C=O) groups is 1. The third kappa shape index (κ3) is 5.70. The van der Waals surface area contributed by atoms with Gasteiger partial charge in [0, 0.05) is 5.88 Å². The molecule has 0 N–H and O–H groups in total. The number of hydrogen-bond acceptors (Lipinski definition) is 1. The first-order chi connectivity index (χ1) is 3.91. The Morgan fingerprint density at radius 1 is 1.50 bits per heavy atom. The molecule has 2 heteroatoms. The van der Waals surface area contributed by atoms with Crippen LogP contribution in [0.2, 0.25) is 0 Å². The largest absolute Gasteiger partial charge is 0.299 e. The van der Waals surface area contributed by atoms with Crippen LogP contribution in [-0.2, 0) is 4.79 Å². The summed E-state index contributed by atoms with van der Waals surface area (Å²) in [7, 11) is 0. The summed E-state index contributed by atoms with van der Waals surface area (Å²) in [5.74, 6) is 0.670. The van der Waals surface area contributed by atoms with Gasteiger partial charge in [-0.15, -0.1) is 11.6 Å². The van der Waals surface area contributed by atoms with Gasteiger partial charge in [0.05, 0.1) is 0 Å². The zero-order valence-electron chi connectivity index (χ0n) is 4.64. The highest BCUT2D eigenvalue weighted by Crippen LogP contribution is 1.91. The fourth-order valence-electron chi connectivity index (χ4n) is 0.347. The SMILES string of the molecule is O=C/C=C/CCCCl. The zero-order valence-corrected chi connectivity index (χ0v) is 5.40. The molecule has 8 heavy (non-hydrogen) atoms. The van der Waals surface area contributed by atoms with Gasteiger partial charge in [0.25, 0.3) is 0 Å². The van der Waals surface area contributed by atoms with Crippen LogP contribution in [-0.4, -0.2) is 12.2 Å². The van der Waals surface area contributed by atoms with Gasteiger partial charge in [-0.3, -0.25) is 4.79 Å². The maximum Gasteiger partial charge on any atom is 0.142 e. The van der Waals surface area contributed by atoms with E-state index in [0.29, 0.717) is 5.88 Å². The fraction of sp³-hybridized carbons (Fsp3) is 0.500. The first-order valence-electron chi connectivity index (χ1n) is 2.58. The van der Waals surface area contributed by atoms with Crippen LogP contribution in [0.3, 0.4) is 0 Å². The van der Waals surface area contributed by atoms with E-state index in [1.165, 1.54) is 6.08 Å². The molecule has 1 nitrogen and oxygen atoms in total. The average Bonchev–Trinajstić information content (AvgIpc) is 1.81. The molecule has 0 aliphatic carbocycles. The highest BCUT2D eigenvalue weighted by Gasteiger charge is 1.76. The van der Waals surface area contributed by atoms with Crippen molar-refractivity contribution in [3.63, 3.8) is 0 Å². The molecule has 0 rings (SSSR count). The molecule has 0 saturated carbocycles. The third-order valence-electron chi connectivity index (χ3n) is 0.719. The Balaban J connectivity index is 2.91. The van der Waals surface area contributed by atoms with E-state index in [4.69, 9.17) is 11.6 Å². The van der Waals surface area contributed by atoms with Gasteiger partial charge in [0.15, 0.2) is 0 Å². The molecule has 0 radical (unpaired) electrons. The molecule has 0 heterocycles. The molecule has 0 aromatic rings. The molecule has 0 spiro atoms. The quantitative estimate of drug-likeness (QED) is 0.247. The van der Waals surface area contributed by atoms with Crippen molar-refractivity contribution >= 4 is 17.9 Å². The Morgan fingerprint density at radius 2 is 2.25 bits per heavy atom. The Morgan fingerprint density at radius 3 is 2.75 bits per heavy atom. The van der Waals surface area contributed by atoms with Crippen LogP contribution in [0.15, 0.2) is 12.2 Å². The standard InChI is InChI=1S/C6H9ClO/c7-5-3-1-2-4-6-8/h2,4,6H,1,3,5H2/b4-2+. The molecule has 0 bridgehead atoms. The summed E-state index contributed by atoms with van der Waals surface area (Å²) in [4.78, 5) is 9.65. The molecular formula is C6H9ClO. The van der Waals surface area contributed by atoms with E-state index in [-0.39, 0.29) is 0 Å². The van der Waals surface area contributed by atoms with Crippen molar-refractivity contribution in [3.05, 3.63) is 12.2 Å². The lowest BCUT2D eigenvalue weighted by Crippen LogP contribution is -1.70. The van der Waals surface area contributed by atoms with Crippen LogP contribution in [0.4, 0.5) is 0 Å². The summed E-state index contributed by atoms with van der Waals surface area (Å²) in [6, 6.07) is 0. The van der Waals surface area contributed by atoms with E-state index >= 15 is 0 Å². The van der Waals surface area contributed by atoms with E-state index < -0.39 is 0 Å². The van der Waals surface area contributed by atoms with E-state index in [1.54, 1.807) is 0 Å². The number of aldehydes is 1. The molecule has 0 aromatic carbocycles. The van der Waals surface area contributed by atoms with E-state index in [1.807, 2.05) is 6.08 Å². The van der Waals surface area contributed by atoms with Gasteiger partial charge in [-0.2, -0.15) is 0 Å². The van der Waals surface area contributed by atoms with Gasteiger partial charge in [-0.1, -0.05) is 6.08 Å². The minimum Gasteiger partial charge on any atom is -0.299 e. The zero-order chi connectivity index (χ0) is 6.24. The Bertz CT molecular complexity index is 78.6. The van der Waals surface area contributed by atoms with Gasteiger partial charge < -0.3 is 0 Å². The van der Waals surface area contributed by atoms with Crippen molar-refractivity contribution in [2.75, 3.05) is 5.88 Å². The molecule has 0 amide bonds. The second-order valence-electron chi connectivity index (χ2n) is 1.40. The van der Waals surface area contributed by atoms with Gasteiger partial charge in [-0.05, 0) is 18.9 Å². The van der Waals surface area contributed by atoms with Gasteiger partial charge in [0.1, 0.15) is 6.29 Å². The summed E-state index contributed by atoms with van der Waals surface area (Å²) in [6.07, 6.45) is 5.93. The smallest absolute Gasteiger partial charge is 0.142 e. The predicted molar refractivity (Wildman–Crippen MR) is 35.2 cm³/mol. The van der Waals surface area contributed by atoms with E-state index in [9.17, 15) is 4.79 Å². The maximum absolute atomic E-state index is 9.65. The summed E-state index contributed by atoms with van der Waals surface area (Å²) < 4.78 is 0. The summed E-state index contributed by atoms with van der Waals surface area (Å²) >= 11 is 5.36. The number of halogens is 1. The molecule has 0 unspecified atom stereocenters. The Kier molecular flexibility index (Phi) is 6.45. The molecule has 0 saturated heterocycles. The van der Waals surface area contributed by atoms with Gasteiger partial charge in [-0.25, -0.2) is 0 Å². The average molecular weight is 133 g/mol. The lowest BCUT2D eigenvalue weighted by Gasteiger charge is -1.82. The minimum atomic E-state index is 0.670. The number of hydrogen-bond donors (Lipinski definition) is 0. The highest BCUT2D eigenvalue weighted by molar-refractivity contribution is 6.17. The van der Waals surface area contributed by atoms with Crippen molar-refractivity contribution in [1.82, 2.24) is 0 Å². The molecule has 0 aromatic heterocycles. The molecular weight excluding hydrogens is 124 g/mol. The molecule has 0 fully saturated rings. The number of unbranched alkanes of at least 4 members (excludes halogenated alkanes) is 1. The Hall–Kier alpha value is -0.300. The van der Waals surface area contributed by atoms with Crippen LogP contribution in [0.25, 0.3) is 0 Å². The van der Waals surface area contributed by atoms with Gasteiger partial charge >= 0.3 is 0 Å². The van der Waals surface area contributed by atoms with Crippen LogP contribution in [0.5, 0.6) is 0 Å². The summed E-state index contributed by atoms with van der Waals surface area (Å²) in [5, 5.41) is 0. The number of allylic oxidation sites excluding steroid dienone is 2. The maximum atomic E-state index is 9.65. The fourth-order valence-corrected chi connectivity index (χ4v) is 0.501. The second kappa shape index (κ2) is 6.70. The molecule has 0 aliphatic rings. The second-order valence-corrected chi connectivity index (χ2v) is 1.77. The topological polar surface area (TPSA) is 17.1 Å². The summed E-state index contributed by atoms with van der Waals surface area (Å²) in [6.45, 7) is 0. The molecule has 46 valence electrons. The van der Waals surface area contributed by atoms with Crippen LogP contribution in [0.1, 0.15) is 12.8 Å². The normalized spacial score (nSPS) is 10.1. The third-order valence-corrected chi connectivity index (χ3v) is 0.986. The van der Waals surface area contributed by atoms with Crippen molar-refractivity contribution < 1.29 is 4.79 Å².